The van der Waals surface area contributed by atoms with E-state index in [1.165, 1.54) is 0 Å². The molecule has 3 aromatic rings. The van der Waals surface area contributed by atoms with Crippen LogP contribution in [0.3, 0.4) is 0 Å². The molecule has 1 aromatic heterocycles. The van der Waals surface area contributed by atoms with Crippen molar-refractivity contribution in [3.05, 3.63) is 54.2 Å². The van der Waals surface area contributed by atoms with Gasteiger partial charge in [0.05, 0.1) is 23.2 Å². The highest BCUT2D eigenvalue weighted by atomic mass is 16.6. The van der Waals surface area contributed by atoms with Gasteiger partial charge in [-0.05, 0) is 56.9 Å². The van der Waals surface area contributed by atoms with Crippen molar-refractivity contribution in [2.75, 3.05) is 13.1 Å². The fourth-order valence-corrected chi connectivity index (χ4v) is 3.89. The van der Waals surface area contributed by atoms with Crippen molar-refractivity contribution in [1.29, 1.82) is 5.26 Å². The minimum atomic E-state index is -0.499. The number of hydrogen-bond acceptors (Lipinski definition) is 4. The van der Waals surface area contributed by atoms with Gasteiger partial charge in [-0.3, -0.25) is 4.68 Å². The van der Waals surface area contributed by atoms with E-state index in [0.29, 0.717) is 18.7 Å². The van der Waals surface area contributed by atoms with Crippen molar-refractivity contribution in [3.8, 4) is 17.2 Å². The van der Waals surface area contributed by atoms with Gasteiger partial charge in [0.1, 0.15) is 5.60 Å². The van der Waals surface area contributed by atoms with E-state index in [9.17, 15) is 10.1 Å². The number of piperidine rings is 1. The molecule has 154 valence electrons. The lowest BCUT2D eigenvalue weighted by molar-refractivity contribution is 0.0168. The summed E-state index contributed by atoms with van der Waals surface area (Å²) in [6.07, 6.45) is 3.66. The molecule has 0 N–H and O–H groups in total. The van der Waals surface area contributed by atoms with Crippen LogP contribution in [-0.2, 0) is 4.74 Å². The van der Waals surface area contributed by atoms with Crippen molar-refractivity contribution in [3.63, 3.8) is 0 Å². The molecule has 1 amide bonds. The quantitative estimate of drug-likeness (QED) is 0.594. The molecule has 6 nitrogen and oxygen atoms in total. The molecule has 0 aliphatic carbocycles. The van der Waals surface area contributed by atoms with E-state index in [4.69, 9.17) is 9.84 Å². The van der Waals surface area contributed by atoms with Crippen LogP contribution in [0.25, 0.3) is 22.0 Å². The van der Waals surface area contributed by atoms with E-state index in [0.717, 1.165) is 34.9 Å². The van der Waals surface area contributed by atoms with Gasteiger partial charge in [0.2, 0.25) is 0 Å². The zero-order valence-corrected chi connectivity index (χ0v) is 17.6. The number of likely N-dealkylation sites (tertiary alicyclic amines) is 1. The highest BCUT2D eigenvalue weighted by Crippen LogP contribution is 2.29. The number of ether oxygens (including phenoxy) is 1. The molecule has 1 aliphatic rings. The Labute approximate surface area is 176 Å². The van der Waals surface area contributed by atoms with Gasteiger partial charge in [-0.25, -0.2) is 4.79 Å². The standard InChI is InChI=1S/C24H26N4O2/c1-24(2,3)30-23(29)27-12-6-8-20(16-27)28-15-19-11-10-17(13-22(19)26-28)21-9-5-4-7-18(21)14-25/h4-5,7,9-11,13,15,20H,6,8,12,16H2,1-3H3. The Kier molecular flexibility index (Phi) is 5.21. The van der Waals surface area contributed by atoms with Crippen LogP contribution in [0.4, 0.5) is 4.79 Å². The fourth-order valence-electron chi connectivity index (χ4n) is 3.89. The van der Waals surface area contributed by atoms with Crippen LogP contribution in [0.15, 0.2) is 48.7 Å². The molecule has 0 bridgehead atoms. The van der Waals surface area contributed by atoms with E-state index < -0.39 is 5.60 Å². The van der Waals surface area contributed by atoms with Crippen molar-refractivity contribution in [1.82, 2.24) is 14.7 Å². The van der Waals surface area contributed by atoms with Gasteiger partial charge in [-0.15, -0.1) is 0 Å². The highest BCUT2D eigenvalue weighted by molar-refractivity contribution is 5.85. The van der Waals surface area contributed by atoms with Crippen molar-refractivity contribution in [2.45, 2.75) is 45.3 Å². The molecule has 1 saturated heterocycles. The van der Waals surface area contributed by atoms with Gasteiger partial charge in [0.25, 0.3) is 0 Å². The first kappa shape index (κ1) is 20.0. The summed E-state index contributed by atoms with van der Waals surface area (Å²) in [6, 6.07) is 16.0. The summed E-state index contributed by atoms with van der Waals surface area (Å²) in [5.41, 5.74) is 2.92. The largest absolute Gasteiger partial charge is 0.444 e. The number of hydrogen-bond donors (Lipinski definition) is 0. The van der Waals surface area contributed by atoms with Gasteiger partial charge >= 0.3 is 6.09 Å². The molecular weight excluding hydrogens is 376 g/mol. The van der Waals surface area contributed by atoms with Crippen LogP contribution in [0.1, 0.15) is 45.2 Å². The molecule has 30 heavy (non-hydrogen) atoms. The summed E-state index contributed by atoms with van der Waals surface area (Å²) in [6.45, 7) is 6.95. The topological polar surface area (TPSA) is 71.2 Å². The van der Waals surface area contributed by atoms with Crippen LogP contribution in [-0.4, -0.2) is 39.5 Å². The summed E-state index contributed by atoms with van der Waals surface area (Å²) < 4.78 is 7.51. The number of nitrogens with zero attached hydrogens (tertiary/aromatic N) is 4. The van der Waals surface area contributed by atoms with E-state index >= 15 is 0 Å². The minimum absolute atomic E-state index is 0.119. The number of aromatic nitrogens is 2. The van der Waals surface area contributed by atoms with Crippen LogP contribution in [0.2, 0.25) is 0 Å². The molecule has 0 radical (unpaired) electrons. The molecule has 4 rings (SSSR count). The SMILES string of the molecule is CC(C)(C)OC(=O)N1CCCC(n2cc3ccc(-c4ccccc4C#N)cc3n2)C1. The maximum atomic E-state index is 12.5. The molecule has 0 saturated carbocycles. The molecule has 1 fully saturated rings. The zero-order chi connectivity index (χ0) is 21.3. The summed E-state index contributed by atoms with van der Waals surface area (Å²) in [5.74, 6) is 0. The lowest BCUT2D eigenvalue weighted by atomic mass is 10.00. The van der Waals surface area contributed by atoms with E-state index in [-0.39, 0.29) is 12.1 Å². The van der Waals surface area contributed by atoms with E-state index in [1.807, 2.05) is 74.1 Å². The number of rotatable bonds is 2. The summed E-state index contributed by atoms with van der Waals surface area (Å²) in [4.78, 5) is 14.3. The minimum Gasteiger partial charge on any atom is -0.444 e. The molecule has 1 unspecified atom stereocenters. The van der Waals surface area contributed by atoms with Gasteiger partial charge < -0.3 is 9.64 Å². The van der Waals surface area contributed by atoms with Crippen molar-refractivity contribution in [2.24, 2.45) is 0 Å². The smallest absolute Gasteiger partial charge is 0.410 e. The number of carbonyl (C=O) groups is 1. The number of nitriles is 1. The van der Waals surface area contributed by atoms with Crippen LogP contribution >= 0.6 is 0 Å². The Morgan fingerprint density at radius 1 is 1.23 bits per heavy atom. The second-order valence-electron chi connectivity index (χ2n) is 8.76. The first-order chi connectivity index (χ1) is 14.3. The summed E-state index contributed by atoms with van der Waals surface area (Å²) in [5, 5.41) is 15.2. The normalized spacial score (nSPS) is 17.0. The third-order valence-electron chi connectivity index (χ3n) is 5.31. The highest BCUT2D eigenvalue weighted by Gasteiger charge is 2.28. The summed E-state index contributed by atoms with van der Waals surface area (Å²) in [7, 11) is 0. The van der Waals surface area contributed by atoms with Crippen LogP contribution < -0.4 is 0 Å². The fraction of sp³-hybridized carbons (Fsp3) is 0.375. The average Bonchev–Trinajstić information content (AvgIpc) is 3.16. The number of fused-ring (bicyclic) bond motifs is 1. The monoisotopic (exact) mass is 402 g/mol. The number of amides is 1. The Morgan fingerprint density at radius 2 is 2.03 bits per heavy atom. The molecule has 2 aromatic carbocycles. The Bertz CT molecular complexity index is 1120. The average molecular weight is 402 g/mol. The first-order valence-corrected chi connectivity index (χ1v) is 10.3. The Balaban J connectivity index is 1.58. The van der Waals surface area contributed by atoms with Gasteiger partial charge in [0.15, 0.2) is 0 Å². The van der Waals surface area contributed by atoms with Crippen molar-refractivity contribution >= 4 is 17.0 Å². The van der Waals surface area contributed by atoms with Crippen molar-refractivity contribution < 1.29 is 9.53 Å². The predicted molar refractivity (Wildman–Crippen MR) is 116 cm³/mol. The third-order valence-corrected chi connectivity index (χ3v) is 5.31. The maximum Gasteiger partial charge on any atom is 0.410 e. The van der Waals surface area contributed by atoms with E-state index in [2.05, 4.69) is 6.07 Å². The summed E-state index contributed by atoms with van der Waals surface area (Å²) >= 11 is 0. The molecular formula is C24H26N4O2. The van der Waals surface area contributed by atoms with E-state index in [1.54, 1.807) is 4.90 Å². The van der Waals surface area contributed by atoms with Gasteiger partial charge in [-0.1, -0.05) is 30.3 Å². The van der Waals surface area contributed by atoms with Crippen LogP contribution in [0.5, 0.6) is 0 Å². The lowest BCUT2D eigenvalue weighted by Crippen LogP contribution is -2.43. The van der Waals surface area contributed by atoms with Gasteiger partial charge in [0, 0.05) is 24.7 Å². The maximum absolute atomic E-state index is 12.5. The molecule has 6 heteroatoms. The Hall–Kier alpha value is -3.33. The molecule has 2 heterocycles. The van der Waals surface area contributed by atoms with Crippen LogP contribution in [0, 0.1) is 11.3 Å². The number of benzene rings is 2. The lowest BCUT2D eigenvalue weighted by Gasteiger charge is -2.34. The molecule has 1 atom stereocenters. The molecule has 1 aliphatic heterocycles. The predicted octanol–water partition coefficient (Wildman–Crippen LogP) is 5.15. The second-order valence-corrected chi connectivity index (χ2v) is 8.76. The third kappa shape index (κ3) is 4.16. The Morgan fingerprint density at radius 3 is 2.80 bits per heavy atom. The number of carbonyl (C=O) groups excluding carboxylic acids is 1. The first-order valence-electron chi connectivity index (χ1n) is 10.3. The molecule has 0 spiro atoms. The second kappa shape index (κ2) is 7.83. The zero-order valence-electron chi connectivity index (χ0n) is 17.6. The van der Waals surface area contributed by atoms with Gasteiger partial charge in [-0.2, -0.15) is 10.4 Å².